The van der Waals surface area contributed by atoms with Gasteiger partial charge in [-0.3, -0.25) is 4.79 Å². The van der Waals surface area contributed by atoms with Crippen molar-refractivity contribution in [3.8, 4) is 0 Å². The Hall–Kier alpha value is -1.35. The number of aliphatic hydroxyl groups excluding tert-OH is 1. The topological polar surface area (TPSA) is 49.3 Å². The molecule has 2 rings (SSSR count). The van der Waals surface area contributed by atoms with Gasteiger partial charge in [-0.1, -0.05) is 38.1 Å². The normalized spacial score (nSPS) is 23.2. The number of nitrogens with one attached hydrogen (secondary N) is 1. The van der Waals surface area contributed by atoms with Crippen molar-refractivity contribution >= 4 is 5.91 Å². The summed E-state index contributed by atoms with van der Waals surface area (Å²) < 4.78 is 0. The molecule has 0 heterocycles. The minimum atomic E-state index is -0.500. The number of rotatable bonds is 2. The van der Waals surface area contributed by atoms with Gasteiger partial charge in [0.1, 0.15) is 0 Å². The van der Waals surface area contributed by atoms with Crippen LogP contribution >= 0.6 is 0 Å². The van der Waals surface area contributed by atoms with E-state index in [-0.39, 0.29) is 17.9 Å². The molecule has 0 aliphatic heterocycles. The van der Waals surface area contributed by atoms with E-state index in [1.54, 1.807) is 0 Å². The number of carbonyl (C=O) groups excluding carboxylic acids is 1. The van der Waals surface area contributed by atoms with Crippen LogP contribution in [0.25, 0.3) is 0 Å². The van der Waals surface area contributed by atoms with Gasteiger partial charge in [0.25, 0.3) is 0 Å². The monoisotopic (exact) mass is 219 g/mol. The van der Waals surface area contributed by atoms with Crippen molar-refractivity contribution in [2.75, 3.05) is 0 Å². The van der Waals surface area contributed by atoms with Crippen molar-refractivity contribution in [1.29, 1.82) is 0 Å². The molecule has 1 aliphatic carbocycles. The Morgan fingerprint density at radius 3 is 2.81 bits per heavy atom. The van der Waals surface area contributed by atoms with E-state index in [2.05, 4.69) is 5.32 Å². The average molecular weight is 219 g/mol. The van der Waals surface area contributed by atoms with Gasteiger partial charge in [0.15, 0.2) is 0 Å². The highest BCUT2D eigenvalue weighted by Gasteiger charge is 2.32. The molecule has 1 aromatic rings. The number of hydrogen-bond acceptors (Lipinski definition) is 2. The van der Waals surface area contributed by atoms with Crippen LogP contribution in [0.15, 0.2) is 24.3 Å². The van der Waals surface area contributed by atoms with E-state index < -0.39 is 6.10 Å². The predicted molar refractivity (Wildman–Crippen MR) is 61.9 cm³/mol. The summed E-state index contributed by atoms with van der Waals surface area (Å²) in [5.74, 6) is -0.0688. The van der Waals surface area contributed by atoms with E-state index in [4.69, 9.17) is 0 Å². The summed E-state index contributed by atoms with van der Waals surface area (Å²) in [5.41, 5.74) is 2.17. The Balaban J connectivity index is 2.19. The molecule has 1 amide bonds. The van der Waals surface area contributed by atoms with Gasteiger partial charge in [0.2, 0.25) is 5.91 Å². The predicted octanol–water partition coefficient (Wildman–Crippen LogP) is 1.42. The Morgan fingerprint density at radius 1 is 1.44 bits per heavy atom. The maximum absolute atomic E-state index is 11.6. The van der Waals surface area contributed by atoms with Crippen LogP contribution in [-0.2, 0) is 11.2 Å². The second-order valence-electron chi connectivity index (χ2n) is 4.61. The first-order valence-electron chi connectivity index (χ1n) is 5.66. The third-order valence-electron chi connectivity index (χ3n) is 3.03. The average Bonchev–Trinajstić information content (AvgIpc) is 2.55. The van der Waals surface area contributed by atoms with Crippen molar-refractivity contribution in [3.63, 3.8) is 0 Å². The van der Waals surface area contributed by atoms with Crippen LogP contribution in [0.5, 0.6) is 0 Å². The number of amides is 1. The van der Waals surface area contributed by atoms with Crippen LogP contribution in [0.1, 0.15) is 31.0 Å². The minimum Gasteiger partial charge on any atom is -0.390 e. The van der Waals surface area contributed by atoms with Gasteiger partial charge in [-0.2, -0.15) is 0 Å². The van der Waals surface area contributed by atoms with Gasteiger partial charge < -0.3 is 10.4 Å². The van der Waals surface area contributed by atoms with Gasteiger partial charge in [0, 0.05) is 12.3 Å². The highest BCUT2D eigenvalue weighted by molar-refractivity contribution is 5.78. The molecule has 0 spiro atoms. The van der Waals surface area contributed by atoms with Crippen LogP contribution < -0.4 is 5.32 Å². The number of hydrogen-bond donors (Lipinski definition) is 2. The molecule has 0 saturated carbocycles. The molecule has 0 radical (unpaired) electrons. The first-order chi connectivity index (χ1) is 7.59. The van der Waals surface area contributed by atoms with Crippen molar-refractivity contribution in [1.82, 2.24) is 5.32 Å². The fourth-order valence-electron chi connectivity index (χ4n) is 2.07. The molecule has 0 bridgehead atoms. The van der Waals surface area contributed by atoms with E-state index in [0.29, 0.717) is 6.42 Å². The lowest BCUT2D eigenvalue weighted by molar-refractivity contribution is -0.125. The summed E-state index contributed by atoms with van der Waals surface area (Å²) >= 11 is 0. The molecule has 2 atom stereocenters. The Kier molecular flexibility index (Phi) is 2.97. The van der Waals surface area contributed by atoms with Crippen molar-refractivity contribution in [2.24, 2.45) is 5.92 Å². The largest absolute Gasteiger partial charge is 0.390 e. The summed E-state index contributed by atoms with van der Waals surface area (Å²) in [5, 5.41) is 12.8. The zero-order chi connectivity index (χ0) is 11.7. The molecular weight excluding hydrogens is 202 g/mol. The quantitative estimate of drug-likeness (QED) is 0.790. The Bertz CT molecular complexity index is 401. The van der Waals surface area contributed by atoms with Crippen LogP contribution in [0, 0.1) is 5.92 Å². The van der Waals surface area contributed by atoms with Crippen LogP contribution in [0.4, 0.5) is 0 Å². The first-order valence-corrected chi connectivity index (χ1v) is 5.66. The van der Waals surface area contributed by atoms with E-state index in [0.717, 1.165) is 11.1 Å². The summed E-state index contributed by atoms with van der Waals surface area (Å²) in [6.45, 7) is 3.70. The molecule has 3 heteroatoms. The van der Waals surface area contributed by atoms with E-state index >= 15 is 0 Å². The highest BCUT2D eigenvalue weighted by Crippen LogP contribution is 2.31. The molecule has 1 aromatic carbocycles. The summed E-state index contributed by atoms with van der Waals surface area (Å²) in [7, 11) is 0. The van der Waals surface area contributed by atoms with Gasteiger partial charge in [0.05, 0.1) is 12.1 Å². The van der Waals surface area contributed by atoms with Crippen molar-refractivity contribution in [2.45, 2.75) is 32.4 Å². The number of fused-ring (bicyclic) bond motifs is 1. The SMILES string of the molecule is CC(C)C(=O)NC1c2ccccc2CC1O. The molecule has 1 aliphatic rings. The molecule has 0 fully saturated rings. The Morgan fingerprint density at radius 2 is 2.12 bits per heavy atom. The summed E-state index contributed by atoms with van der Waals surface area (Å²) in [6.07, 6.45) is 0.124. The van der Waals surface area contributed by atoms with E-state index in [1.165, 1.54) is 0 Å². The standard InChI is InChI=1S/C13H17NO2/c1-8(2)13(16)14-12-10-6-4-3-5-9(10)7-11(12)15/h3-6,8,11-12,15H,7H2,1-2H3,(H,14,16). The molecule has 16 heavy (non-hydrogen) atoms. The second kappa shape index (κ2) is 4.26. The van der Waals surface area contributed by atoms with Crippen LogP contribution in [0.3, 0.4) is 0 Å². The fraction of sp³-hybridized carbons (Fsp3) is 0.462. The molecular formula is C13H17NO2. The highest BCUT2D eigenvalue weighted by atomic mass is 16.3. The number of aliphatic hydroxyl groups is 1. The van der Waals surface area contributed by atoms with Gasteiger partial charge >= 0.3 is 0 Å². The Labute approximate surface area is 95.5 Å². The molecule has 2 N–H and O–H groups in total. The summed E-state index contributed by atoms with van der Waals surface area (Å²) in [4.78, 5) is 11.6. The third kappa shape index (κ3) is 1.95. The van der Waals surface area contributed by atoms with Gasteiger partial charge in [-0.15, -0.1) is 0 Å². The molecule has 2 unspecified atom stereocenters. The molecule has 0 saturated heterocycles. The zero-order valence-corrected chi connectivity index (χ0v) is 9.60. The number of carbonyl (C=O) groups is 1. The smallest absolute Gasteiger partial charge is 0.223 e. The van der Waals surface area contributed by atoms with Gasteiger partial charge in [-0.05, 0) is 11.1 Å². The minimum absolute atomic E-state index is 0.0132. The fourth-order valence-corrected chi connectivity index (χ4v) is 2.07. The zero-order valence-electron chi connectivity index (χ0n) is 9.60. The lowest BCUT2D eigenvalue weighted by atomic mass is 10.1. The summed E-state index contributed by atoms with van der Waals surface area (Å²) in [6, 6.07) is 7.62. The molecule has 3 nitrogen and oxygen atoms in total. The maximum atomic E-state index is 11.6. The number of benzene rings is 1. The van der Waals surface area contributed by atoms with Crippen LogP contribution in [0.2, 0.25) is 0 Å². The van der Waals surface area contributed by atoms with Crippen LogP contribution in [-0.4, -0.2) is 17.1 Å². The van der Waals surface area contributed by atoms with E-state index in [1.807, 2.05) is 38.1 Å². The van der Waals surface area contributed by atoms with E-state index in [9.17, 15) is 9.90 Å². The van der Waals surface area contributed by atoms with Gasteiger partial charge in [-0.25, -0.2) is 0 Å². The maximum Gasteiger partial charge on any atom is 0.223 e. The van der Waals surface area contributed by atoms with Crippen molar-refractivity contribution < 1.29 is 9.90 Å². The lowest BCUT2D eigenvalue weighted by Crippen LogP contribution is -2.36. The van der Waals surface area contributed by atoms with Crippen molar-refractivity contribution in [3.05, 3.63) is 35.4 Å². The molecule has 0 aromatic heterocycles. The lowest BCUT2D eigenvalue weighted by Gasteiger charge is -2.19. The first kappa shape index (κ1) is 11.1. The third-order valence-corrected chi connectivity index (χ3v) is 3.03. The molecule has 86 valence electrons. The second-order valence-corrected chi connectivity index (χ2v) is 4.61.